The Labute approximate surface area is 123 Å². The molecular weight excluding hydrogens is 272 g/mol. The van der Waals surface area contributed by atoms with Crippen LogP contribution >= 0.6 is 0 Å². The molecule has 0 saturated carbocycles. The van der Waals surface area contributed by atoms with E-state index >= 15 is 0 Å². The normalized spacial score (nSPS) is 21.9. The van der Waals surface area contributed by atoms with Crippen molar-refractivity contribution >= 4 is 11.6 Å². The SMILES string of the molecule is O=C(CN1CCCC(O)C1)Nc1ccc2c(c1)OCCO2. The van der Waals surface area contributed by atoms with Gasteiger partial charge in [0.2, 0.25) is 5.91 Å². The summed E-state index contributed by atoms with van der Waals surface area (Å²) < 4.78 is 10.9. The standard InChI is InChI=1S/C15H20N2O4/c18-12-2-1-5-17(9-12)10-15(19)16-11-3-4-13-14(8-11)21-7-6-20-13/h3-4,8,12,18H,1-2,5-7,9-10H2,(H,16,19). The zero-order chi connectivity index (χ0) is 14.7. The molecule has 1 fully saturated rings. The maximum atomic E-state index is 12.0. The van der Waals surface area contributed by atoms with Crippen molar-refractivity contribution in [3.8, 4) is 11.5 Å². The minimum atomic E-state index is -0.319. The number of rotatable bonds is 3. The summed E-state index contributed by atoms with van der Waals surface area (Å²) >= 11 is 0. The van der Waals surface area contributed by atoms with Crippen LogP contribution in [0.3, 0.4) is 0 Å². The van der Waals surface area contributed by atoms with Gasteiger partial charge in [0, 0.05) is 18.3 Å². The molecule has 6 heteroatoms. The molecule has 2 aliphatic heterocycles. The number of piperidine rings is 1. The lowest BCUT2D eigenvalue weighted by atomic mass is 10.1. The van der Waals surface area contributed by atoms with E-state index < -0.39 is 0 Å². The minimum absolute atomic E-state index is 0.0826. The third kappa shape index (κ3) is 3.65. The van der Waals surface area contributed by atoms with Crippen LogP contribution in [0.15, 0.2) is 18.2 Å². The van der Waals surface area contributed by atoms with E-state index in [2.05, 4.69) is 5.32 Å². The molecular formula is C15H20N2O4. The van der Waals surface area contributed by atoms with Gasteiger partial charge in [-0.3, -0.25) is 9.69 Å². The second kappa shape index (κ2) is 6.32. The predicted octanol–water partition coefficient (Wildman–Crippen LogP) is 0.853. The van der Waals surface area contributed by atoms with Crippen LogP contribution in [0.2, 0.25) is 0 Å². The molecule has 0 bridgehead atoms. The largest absolute Gasteiger partial charge is 0.486 e. The maximum absolute atomic E-state index is 12.0. The summed E-state index contributed by atoms with van der Waals surface area (Å²) in [5, 5.41) is 12.5. The van der Waals surface area contributed by atoms with Gasteiger partial charge in [-0.05, 0) is 31.5 Å². The number of likely N-dealkylation sites (tertiary alicyclic amines) is 1. The van der Waals surface area contributed by atoms with Gasteiger partial charge in [0.15, 0.2) is 11.5 Å². The van der Waals surface area contributed by atoms with Gasteiger partial charge in [0.05, 0.1) is 12.6 Å². The van der Waals surface area contributed by atoms with Crippen molar-refractivity contribution in [3.05, 3.63) is 18.2 Å². The number of nitrogens with zero attached hydrogens (tertiary/aromatic N) is 1. The third-order valence-corrected chi connectivity index (χ3v) is 3.67. The van der Waals surface area contributed by atoms with Crippen molar-refractivity contribution in [1.29, 1.82) is 0 Å². The van der Waals surface area contributed by atoms with Crippen LogP contribution in [-0.2, 0) is 4.79 Å². The number of carbonyl (C=O) groups excluding carboxylic acids is 1. The zero-order valence-electron chi connectivity index (χ0n) is 11.9. The van der Waals surface area contributed by atoms with Crippen molar-refractivity contribution in [2.75, 3.05) is 38.2 Å². The number of fused-ring (bicyclic) bond motifs is 1. The summed E-state index contributed by atoms with van der Waals surface area (Å²) in [6.45, 7) is 2.79. The van der Waals surface area contributed by atoms with Gasteiger partial charge in [-0.2, -0.15) is 0 Å². The average molecular weight is 292 g/mol. The molecule has 1 amide bonds. The van der Waals surface area contributed by atoms with Crippen molar-refractivity contribution in [2.24, 2.45) is 0 Å². The molecule has 0 spiro atoms. The third-order valence-electron chi connectivity index (χ3n) is 3.67. The number of nitrogens with one attached hydrogen (secondary N) is 1. The molecule has 21 heavy (non-hydrogen) atoms. The first kappa shape index (κ1) is 14.2. The van der Waals surface area contributed by atoms with Crippen molar-refractivity contribution in [1.82, 2.24) is 4.90 Å². The molecule has 1 saturated heterocycles. The first-order valence-electron chi connectivity index (χ1n) is 7.30. The summed E-state index contributed by atoms with van der Waals surface area (Å²) in [5.41, 5.74) is 0.696. The van der Waals surface area contributed by atoms with Crippen molar-refractivity contribution in [3.63, 3.8) is 0 Å². The van der Waals surface area contributed by atoms with Gasteiger partial charge < -0.3 is 19.9 Å². The molecule has 114 valence electrons. The fourth-order valence-corrected chi connectivity index (χ4v) is 2.70. The van der Waals surface area contributed by atoms with E-state index in [0.29, 0.717) is 43.5 Å². The fourth-order valence-electron chi connectivity index (χ4n) is 2.70. The Balaban J connectivity index is 1.57. The van der Waals surface area contributed by atoms with Gasteiger partial charge in [-0.1, -0.05) is 0 Å². The highest BCUT2D eigenvalue weighted by molar-refractivity contribution is 5.92. The summed E-state index contributed by atoms with van der Waals surface area (Å²) in [7, 11) is 0. The second-order valence-electron chi connectivity index (χ2n) is 5.44. The van der Waals surface area contributed by atoms with Crippen LogP contribution in [-0.4, -0.2) is 54.9 Å². The lowest BCUT2D eigenvalue weighted by Crippen LogP contribution is -2.42. The summed E-state index contributed by atoms with van der Waals surface area (Å²) in [6, 6.07) is 5.38. The quantitative estimate of drug-likeness (QED) is 0.864. The van der Waals surface area contributed by atoms with Gasteiger partial charge in [0.1, 0.15) is 13.2 Å². The smallest absolute Gasteiger partial charge is 0.238 e. The molecule has 3 rings (SSSR count). The topological polar surface area (TPSA) is 71.0 Å². The van der Waals surface area contributed by atoms with Gasteiger partial charge in [0.25, 0.3) is 0 Å². The number of hydrogen-bond acceptors (Lipinski definition) is 5. The lowest BCUT2D eigenvalue weighted by Gasteiger charge is -2.29. The van der Waals surface area contributed by atoms with Crippen LogP contribution in [0.1, 0.15) is 12.8 Å². The summed E-state index contributed by atoms with van der Waals surface area (Å²) in [6.07, 6.45) is 1.43. The van der Waals surface area contributed by atoms with Crippen LogP contribution in [0, 0.1) is 0 Å². The average Bonchev–Trinajstić information content (AvgIpc) is 2.47. The second-order valence-corrected chi connectivity index (χ2v) is 5.44. The predicted molar refractivity (Wildman–Crippen MR) is 77.7 cm³/mol. The van der Waals surface area contributed by atoms with Crippen molar-refractivity contribution in [2.45, 2.75) is 18.9 Å². The Morgan fingerprint density at radius 1 is 1.33 bits per heavy atom. The number of aliphatic hydroxyl groups excluding tert-OH is 1. The van der Waals surface area contributed by atoms with E-state index in [-0.39, 0.29) is 12.0 Å². The Hall–Kier alpha value is -1.79. The maximum Gasteiger partial charge on any atom is 0.238 e. The zero-order valence-corrected chi connectivity index (χ0v) is 11.9. The number of amides is 1. The van der Waals surface area contributed by atoms with E-state index in [1.807, 2.05) is 4.90 Å². The van der Waals surface area contributed by atoms with Gasteiger partial charge in [-0.25, -0.2) is 0 Å². The Morgan fingerprint density at radius 2 is 2.14 bits per heavy atom. The van der Waals surface area contributed by atoms with Crippen LogP contribution < -0.4 is 14.8 Å². The first-order valence-corrected chi connectivity index (χ1v) is 7.30. The molecule has 0 aromatic heterocycles. The number of hydrogen-bond donors (Lipinski definition) is 2. The molecule has 1 aromatic rings. The number of ether oxygens (including phenoxy) is 2. The van der Waals surface area contributed by atoms with Crippen molar-refractivity contribution < 1.29 is 19.4 Å². The molecule has 2 aliphatic rings. The van der Waals surface area contributed by atoms with E-state index in [1.54, 1.807) is 18.2 Å². The molecule has 0 aliphatic carbocycles. The highest BCUT2D eigenvalue weighted by atomic mass is 16.6. The van der Waals surface area contributed by atoms with E-state index in [1.165, 1.54) is 0 Å². The summed E-state index contributed by atoms with van der Waals surface area (Å²) in [5.74, 6) is 1.28. The van der Waals surface area contributed by atoms with Gasteiger partial charge >= 0.3 is 0 Å². The highest BCUT2D eigenvalue weighted by Gasteiger charge is 2.20. The number of aliphatic hydroxyl groups is 1. The lowest BCUT2D eigenvalue weighted by molar-refractivity contribution is -0.118. The van der Waals surface area contributed by atoms with Crippen LogP contribution in [0.4, 0.5) is 5.69 Å². The van der Waals surface area contributed by atoms with E-state index in [4.69, 9.17) is 9.47 Å². The number of carbonyl (C=O) groups is 1. The number of anilines is 1. The van der Waals surface area contributed by atoms with Crippen LogP contribution in [0.5, 0.6) is 11.5 Å². The Morgan fingerprint density at radius 3 is 2.95 bits per heavy atom. The number of benzene rings is 1. The van der Waals surface area contributed by atoms with Gasteiger partial charge in [-0.15, -0.1) is 0 Å². The molecule has 1 unspecified atom stereocenters. The molecule has 1 atom stereocenters. The molecule has 1 aromatic carbocycles. The van der Waals surface area contributed by atoms with E-state index in [0.717, 1.165) is 19.4 Å². The van der Waals surface area contributed by atoms with Crippen LogP contribution in [0.25, 0.3) is 0 Å². The Kier molecular flexibility index (Phi) is 4.26. The Bertz CT molecular complexity index is 520. The fraction of sp³-hybridized carbons (Fsp3) is 0.533. The van der Waals surface area contributed by atoms with E-state index in [9.17, 15) is 9.90 Å². The first-order chi connectivity index (χ1) is 10.2. The highest BCUT2D eigenvalue weighted by Crippen LogP contribution is 2.32. The minimum Gasteiger partial charge on any atom is -0.486 e. The number of β-amino-alcohol motifs (C(OH)–C–C–N with tert-alkyl or cyclic N) is 1. The summed E-state index contributed by atoms with van der Waals surface area (Å²) in [4.78, 5) is 14.0. The molecule has 2 heterocycles. The molecule has 6 nitrogen and oxygen atoms in total. The molecule has 2 N–H and O–H groups in total. The molecule has 0 radical (unpaired) electrons. The monoisotopic (exact) mass is 292 g/mol.